The van der Waals surface area contributed by atoms with Gasteiger partial charge in [0.25, 0.3) is 5.91 Å². The van der Waals surface area contributed by atoms with Crippen LogP contribution in [0.5, 0.6) is 0 Å². The van der Waals surface area contributed by atoms with Gasteiger partial charge in [-0.25, -0.2) is 4.79 Å². The molecule has 0 saturated carbocycles. The Morgan fingerprint density at radius 1 is 1.03 bits per heavy atom. The molecule has 2 aromatic rings. The quantitative estimate of drug-likeness (QED) is 0.421. The molecule has 2 atom stereocenters. The summed E-state index contributed by atoms with van der Waals surface area (Å²) in [6, 6.07) is 10.3. The van der Waals surface area contributed by atoms with Crippen LogP contribution in [-0.4, -0.2) is 41.6 Å². The number of nitrogens with one attached hydrogen (secondary N) is 1. The zero-order valence-electron chi connectivity index (χ0n) is 18.9. The third-order valence-electron chi connectivity index (χ3n) is 5.37. The van der Waals surface area contributed by atoms with E-state index < -0.39 is 29.3 Å². The van der Waals surface area contributed by atoms with Crippen LogP contribution in [-0.2, 0) is 10.9 Å². The fourth-order valence-electron chi connectivity index (χ4n) is 3.80. The molecule has 10 heteroatoms. The summed E-state index contributed by atoms with van der Waals surface area (Å²) in [7, 11) is 0. The predicted octanol–water partition coefficient (Wildman–Crippen LogP) is 6.75. The number of alkyl halides is 3. The van der Waals surface area contributed by atoms with E-state index in [4.69, 9.17) is 4.74 Å². The van der Waals surface area contributed by atoms with E-state index in [1.807, 2.05) is 24.3 Å². The molecule has 1 aliphatic rings. The van der Waals surface area contributed by atoms with Crippen molar-refractivity contribution < 1.29 is 27.5 Å². The number of halogens is 5. The lowest BCUT2D eigenvalue weighted by Crippen LogP contribution is -2.52. The van der Waals surface area contributed by atoms with Gasteiger partial charge in [0.15, 0.2) is 0 Å². The Labute approximate surface area is 213 Å². The number of ether oxygens (including phenoxy) is 1. The number of benzene rings is 2. The maximum Gasteiger partial charge on any atom is 0.416 e. The zero-order chi connectivity index (χ0) is 25.3. The second-order valence-corrected chi connectivity index (χ2v) is 11.0. The Hall–Kier alpha value is -2.07. The van der Waals surface area contributed by atoms with Crippen molar-refractivity contribution in [3.63, 3.8) is 0 Å². The molecule has 1 saturated heterocycles. The van der Waals surface area contributed by atoms with Gasteiger partial charge in [-0.15, -0.1) is 0 Å². The zero-order valence-corrected chi connectivity index (χ0v) is 22.1. The smallest absolute Gasteiger partial charge is 0.416 e. The molecule has 0 aromatic heterocycles. The van der Waals surface area contributed by atoms with Gasteiger partial charge in [-0.1, -0.05) is 44.0 Å². The molecule has 1 fully saturated rings. The molecule has 0 radical (unpaired) electrons. The van der Waals surface area contributed by atoms with Gasteiger partial charge in [0.1, 0.15) is 5.60 Å². The van der Waals surface area contributed by atoms with Crippen LogP contribution in [0.3, 0.4) is 0 Å². The number of hydrogen-bond acceptors (Lipinski definition) is 3. The Balaban J connectivity index is 1.85. The number of carbonyl (C=O) groups excluding carboxylic acids is 2. The van der Waals surface area contributed by atoms with Crippen molar-refractivity contribution in [2.45, 2.75) is 50.9 Å². The highest BCUT2D eigenvalue weighted by Gasteiger charge is 2.36. The van der Waals surface area contributed by atoms with Crippen molar-refractivity contribution in [3.05, 3.63) is 68.1 Å². The van der Waals surface area contributed by atoms with Crippen LogP contribution in [0.15, 0.2) is 51.4 Å². The van der Waals surface area contributed by atoms with Crippen LogP contribution < -0.4 is 5.32 Å². The first-order valence-corrected chi connectivity index (χ1v) is 12.2. The van der Waals surface area contributed by atoms with Crippen LogP contribution in [0.4, 0.5) is 18.0 Å². The summed E-state index contributed by atoms with van der Waals surface area (Å²) in [5.41, 5.74) is -0.749. The van der Waals surface area contributed by atoms with Crippen LogP contribution >= 0.6 is 31.9 Å². The molecule has 1 heterocycles. The van der Waals surface area contributed by atoms with Crippen molar-refractivity contribution in [2.24, 2.45) is 0 Å². The van der Waals surface area contributed by atoms with E-state index in [0.717, 1.165) is 22.2 Å². The van der Waals surface area contributed by atoms with E-state index in [1.54, 1.807) is 25.7 Å². The third kappa shape index (κ3) is 6.97. The molecule has 3 rings (SSSR count). The van der Waals surface area contributed by atoms with Crippen molar-refractivity contribution >= 4 is 43.9 Å². The monoisotopic (exact) mass is 604 g/mol. The average molecular weight is 606 g/mol. The first kappa shape index (κ1) is 26.5. The summed E-state index contributed by atoms with van der Waals surface area (Å²) in [5.74, 6) is -0.878. The van der Waals surface area contributed by atoms with E-state index in [9.17, 15) is 22.8 Å². The van der Waals surface area contributed by atoms with E-state index >= 15 is 0 Å². The van der Waals surface area contributed by atoms with Gasteiger partial charge < -0.3 is 15.0 Å². The lowest BCUT2D eigenvalue weighted by Gasteiger charge is -2.39. The van der Waals surface area contributed by atoms with Crippen molar-refractivity contribution in [1.29, 1.82) is 0 Å². The fourth-order valence-corrected chi connectivity index (χ4v) is 4.56. The number of amides is 2. The molecule has 2 amide bonds. The number of nitrogens with zero attached hydrogens (tertiary/aromatic N) is 1. The Morgan fingerprint density at radius 2 is 1.68 bits per heavy atom. The standard InChI is InChI=1S/C24H25Br2F3N2O3/c1-23(2,3)34-22(33)31-9-8-20(19(13-31)14-4-6-17(25)7-5-14)30-21(32)15-10-16(24(27,28)29)12-18(26)11-15/h4-7,10-12,19-20H,8-9,13H2,1-3H3,(H,30,32). The fraction of sp³-hybridized carbons (Fsp3) is 0.417. The normalized spacial score (nSPS) is 19.0. The molecular weight excluding hydrogens is 581 g/mol. The number of likely N-dealkylation sites (tertiary alicyclic amines) is 1. The van der Waals surface area contributed by atoms with Crippen LogP contribution in [0.25, 0.3) is 0 Å². The minimum Gasteiger partial charge on any atom is -0.444 e. The highest BCUT2D eigenvalue weighted by Crippen LogP contribution is 2.33. The maximum atomic E-state index is 13.2. The molecule has 184 valence electrons. The SMILES string of the molecule is CC(C)(C)OC(=O)N1CCC(NC(=O)c2cc(Br)cc(C(F)(F)F)c2)C(c2ccc(Br)cc2)C1. The largest absolute Gasteiger partial charge is 0.444 e. The van der Waals surface area contributed by atoms with Crippen molar-refractivity contribution in [1.82, 2.24) is 10.2 Å². The highest BCUT2D eigenvalue weighted by atomic mass is 79.9. The van der Waals surface area contributed by atoms with Gasteiger partial charge in [0, 0.05) is 39.6 Å². The molecule has 0 bridgehead atoms. The summed E-state index contributed by atoms with van der Waals surface area (Å²) in [4.78, 5) is 27.2. The van der Waals surface area contributed by atoms with Gasteiger partial charge >= 0.3 is 12.3 Å². The molecular formula is C24H25Br2F3N2O3. The predicted molar refractivity (Wildman–Crippen MR) is 130 cm³/mol. The van der Waals surface area contributed by atoms with E-state index in [-0.39, 0.29) is 22.0 Å². The molecule has 0 spiro atoms. The second-order valence-electron chi connectivity index (χ2n) is 9.18. The van der Waals surface area contributed by atoms with Crippen LogP contribution in [0.2, 0.25) is 0 Å². The summed E-state index contributed by atoms with van der Waals surface area (Å²) in [5, 5.41) is 2.89. The number of rotatable bonds is 3. The molecule has 2 aromatic carbocycles. The molecule has 34 heavy (non-hydrogen) atoms. The second kappa shape index (κ2) is 10.3. The summed E-state index contributed by atoms with van der Waals surface area (Å²) in [6.45, 7) is 6.01. The van der Waals surface area contributed by atoms with E-state index in [0.29, 0.717) is 19.5 Å². The van der Waals surface area contributed by atoms with Gasteiger partial charge in [0.05, 0.1) is 5.56 Å². The van der Waals surface area contributed by atoms with Gasteiger partial charge in [-0.05, 0) is 63.1 Å². The van der Waals surface area contributed by atoms with Gasteiger partial charge in [-0.3, -0.25) is 4.79 Å². The number of hydrogen-bond donors (Lipinski definition) is 1. The Morgan fingerprint density at radius 3 is 2.26 bits per heavy atom. The topological polar surface area (TPSA) is 58.6 Å². The molecule has 2 unspecified atom stereocenters. The van der Waals surface area contributed by atoms with E-state index in [1.165, 1.54) is 6.07 Å². The molecule has 1 N–H and O–H groups in total. The average Bonchev–Trinajstić information content (AvgIpc) is 2.72. The lowest BCUT2D eigenvalue weighted by atomic mass is 9.86. The minimum absolute atomic E-state index is 0.0918. The summed E-state index contributed by atoms with van der Waals surface area (Å²) < 4.78 is 46.2. The Bertz CT molecular complexity index is 1050. The third-order valence-corrected chi connectivity index (χ3v) is 6.35. The first-order valence-electron chi connectivity index (χ1n) is 10.6. The van der Waals surface area contributed by atoms with Crippen molar-refractivity contribution in [2.75, 3.05) is 13.1 Å². The van der Waals surface area contributed by atoms with Crippen LogP contribution in [0.1, 0.15) is 54.6 Å². The number of piperidine rings is 1. The van der Waals surface area contributed by atoms with Crippen molar-refractivity contribution in [3.8, 4) is 0 Å². The highest BCUT2D eigenvalue weighted by molar-refractivity contribution is 9.10. The van der Waals surface area contributed by atoms with Gasteiger partial charge in [0.2, 0.25) is 0 Å². The molecule has 1 aliphatic heterocycles. The molecule has 0 aliphatic carbocycles. The van der Waals surface area contributed by atoms with Crippen LogP contribution in [0, 0.1) is 0 Å². The molecule has 5 nitrogen and oxygen atoms in total. The lowest BCUT2D eigenvalue weighted by molar-refractivity contribution is -0.137. The van der Waals surface area contributed by atoms with E-state index in [2.05, 4.69) is 37.2 Å². The summed E-state index contributed by atoms with van der Waals surface area (Å²) in [6.07, 6.45) is -4.59. The first-order chi connectivity index (χ1) is 15.7. The minimum atomic E-state index is -4.57. The Kier molecular flexibility index (Phi) is 8.02. The van der Waals surface area contributed by atoms with Gasteiger partial charge in [-0.2, -0.15) is 13.2 Å². The summed E-state index contributed by atoms with van der Waals surface area (Å²) >= 11 is 6.46. The number of carbonyl (C=O) groups is 2. The maximum absolute atomic E-state index is 13.2.